The van der Waals surface area contributed by atoms with E-state index < -0.39 is 0 Å². The lowest BCUT2D eigenvalue weighted by Crippen LogP contribution is -2.35. The highest BCUT2D eigenvalue weighted by Gasteiger charge is 2.25. The summed E-state index contributed by atoms with van der Waals surface area (Å²) < 4.78 is 0. The monoisotopic (exact) mass is 276 g/mol. The summed E-state index contributed by atoms with van der Waals surface area (Å²) in [5.41, 5.74) is 2.85. The Labute approximate surface area is 116 Å². The second kappa shape index (κ2) is 5.25. The van der Waals surface area contributed by atoms with E-state index in [4.69, 9.17) is 0 Å². The lowest BCUT2D eigenvalue weighted by atomic mass is 10.1. The highest BCUT2D eigenvalue weighted by molar-refractivity contribution is 8.00. The first kappa shape index (κ1) is 12.5. The molecule has 1 saturated heterocycles. The van der Waals surface area contributed by atoms with E-state index >= 15 is 0 Å². The van der Waals surface area contributed by atoms with Crippen molar-refractivity contribution in [3.05, 3.63) is 29.3 Å². The molecule has 19 heavy (non-hydrogen) atoms. The molecule has 100 valence electrons. The van der Waals surface area contributed by atoms with Crippen molar-refractivity contribution in [2.45, 2.75) is 24.2 Å². The average molecular weight is 276 g/mol. The molecule has 3 amide bonds. The number of carbonyl (C=O) groups excluding carboxylic acids is 2. The zero-order valence-electron chi connectivity index (χ0n) is 10.6. The third-order valence-electron chi connectivity index (χ3n) is 3.59. The number of urea groups is 1. The molecule has 1 fully saturated rings. The van der Waals surface area contributed by atoms with Gasteiger partial charge in [0.05, 0.1) is 5.75 Å². The SMILES string of the molecule is O=C(CSc1ccc2c(c1)CCC2)N1CCNC1=O. The van der Waals surface area contributed by atoms with Crippen LogP contribution in [0.1, 0.15) is 17.5 Å². The zero-order valence-corrected chi connectivity index (χ0v) is 11.5. The molecule has 0 atom stereocenters. The summed E-state index contributed by atoms with van der Waals surface area (Å²) in [5, 5.41) is 2.64. The van der Waals surface area contributed by atoms with Crippen molar-refractivity contribution in [3.63, 3.8) is 0 Å². The minimum atomic E-state index is -0.264. The number of fused-ring (bicyclic) bond motifs is 1. The Hall–Kier alpha value is -1.49. The number of rotatable bonds is 3. The fourth-order valence-electron chi connectivity index (χ4n) is 2.57. The fourth-order valence-corrected chi connectivity index (χ4v) is 3.41. The molecule has 2 aliphatic rings. The number of nitrogens with one attached hydrogen (secondary N) is 1. The number of thioether (sulfide) groups is 1. The standard InChI is InChI=1S/C14H16N2O2S/c17-13(16-7-6-15-14(16)18)9-19-12-5-4-10-2-1-3-11(10)8-12/h4-5,8H,1-3,6-7,9H2,(H,15,18). The van der Waals surface area contributed by atoms with Crippen LogP contribution in [0, 0.1) is 0 Å². The van der Waals surface area contributed by atoms with Crippen molar-refractivity contribution in [3.8, 4) is 0 Å². The molecule has 4 nitrogen and oxygen atoms in total. The van der Waals surface area contributed by atoms with Crippen LogP contribution >= 0.6 is 11.8 Å². The van der Waals surface area contributed by atoms with E-state index in [-0.39, 0.29) is 11.9 Å². The Balaban J connectivity index is 1.60. The maximum absolute atomic E-state index is 11.9. The minimum absolute atomic E-state index is 0.111. The second-order valence-corrected chi connectivity index (χ2v) is 5.90. The van der Waals surface area contributed by atoms with Crippen molar-refractivity contribution in [1.82, 2.24) is 10.2 Å². The smallest absolute Gasteiger partial charge is 0.324 e. The van der Waals surface area contributed by atoms with E-state index in [2.05, 4.69) is 23.5 Å². The molecular weight excluding hydrogens is 260 g/mol. The highest BCUT2D eigenvalue weighted by Crippen LogP contribution is 2.27. The highest BCUT2D eigenvalue weighted by atomic mass is 32.2. The molecule has 0 aromatic heterocycles. The van der Waals surface area contributed by atoms with Crippen molar-refractivity contribution in [1.29, 1.82) is 0 Å². The topological polar surface area (TPSA) is 49.4 Å². The predicted molar refractivity (Wildman–Crippen MR) is 74.3 cm³/mol. The van der Waals surface area contributed by atoms with Crippen LogP contribution in [0.25, 0.3) is 0 Å². The Bertz CT molecular complexity index is 530. The molecule has 0 bridgehead atoms. The molecule has 0 saturated carbocycles. The summed E-state index contributed by atoms with van der Waals surface area (Å²) >= 11 is 1.51. The summed E-state index contributed by atoms with van der Waals surface area (Å²) in [5.74, 6) is 0.215. The number of carbonyl (C=O) groups is 2. The number of hydrogen-bond acceptors (Lipinski definition) is 3. The number of imide groups is 1. The van der Waals surface area contributed by atoms with E-state index in [1.165, 1.54) is 40.6 Å². The van der Waals surface area contributed by atoms with Crippen LogP contribution in [0.4, 0.5) is 4.79 Å². The van der Waals surface area contributed by atoms with Gasteiger partial charge in [-0.05, 0) is 42.5 Å². The van der Waals surface area contributed by atoms with Crippen LogP contribution < -0.4 is 5.32 Å². The van der Waals surface area contributed by atoms with Crippen LogP contribution in [0.2, 0.25) is 0 Å². The van der Waals surface area contributed by atoms with Crippen LogP contribution in [-0.4, -0.2) is 35.7 Å². The largest absolute Gasteiger partial charge is 0.336 e. The van der Waals surface area contributed by atoms with Gasteiger partial charge in [-0.25, -0.2) is 4.79 Å². The van der Waals surface area contributed by atoms with Crippen molar-refractivity contribution in [2.24, 2.45) is 0 Å². The maximum atomic E-state index is 11.9. The fraction of sp³-hybridized carbons (Fsp3) is 0.429. The van der Waals surface area contributed by atoms with E-state index in [1.807, 2.05) is 0 Å². The lowest BCUT2D eigenvalue weighted by molar-refractivity contribution is -0.124. The lowest BCUT2D eigenvalue weighted by Gasteiger charge is -2.11. The Morgan fingerprint density at radius 2 is 2.16 bits per heavy atom. The minimum Gasteiger partial charge on any atom is -0.336 e. The normalized spacial score (nSPS) is 17.5. The predicted octanol–water partition coefficient (Wildman–Crippen LogP) is 1.82. The zero-order chi connectivity index (χ0) is 13.2. The van der Waals surface area contributed by atoms with Gasteiger partial charge in [-0.2, -0.15) is 0 Å². The third-order valence-corrected chi connectivity index (χ3v) is 4.57. The molecule has 1 N–H and O–H groups in total. The van der Waals surface area contributed by atoms with Gasteiger partial charge in [0.15, 0.2) is 0 Å². The molecule has 1 aromatic rings. The molecular formula is C14H16N2O2S. The summed E-state index contributed by atoms with van der Waals surface area (Å²) in [6.07, 6.45) is 3.55. The second-order valence-electron chi connectivity index (χ2n) is 4.85. The van der Waals surface area contributed by atoms with Crippen LogP contribution in [0.5, 0.6) is 0 Å². The first-order chi connectivity index (χ1) is 9.24. The first-order valence-corrected chi connectivity index (χ1v) is 7.55. The van der Waals surface area contributed by atoms with E-state index in [0.29, 0.717) is 18.8 Å². The number of nitrogens with zero attached hydrogens (tertiary/aromatic N) is 1. The molecule has 1 aromatic carbocycles. The third kappa shape index (κ3) is 2.61. The quantitative estimate of drug-likeness (QED) is 0.857. The van der Waals surface area contributed by atoms with Crippen molar-refractivity contribution in [2.75, 3.05) is 18.8 Å². The first-order valence-electron chi connectivity index (χ1n) is 6.57. The molecule has 0 spiro atoms. The van der Waals surface area contributed by atoms with Gasteiger partial charge in [0.25, 0.3) is 0 Å². The summed E-state index contributed by atoms with van der Waals surface area (Å²) in [7, 11) is 0. The molecule has 0 unspecified atom stereocenters. The molecule has 3 rings (SSSR count). The number of hydrogen-bond donors (Lipinski definition) is 1. The molecule has 0 radical (unpaired) electrons. The van der Waals surface area contributed by atoms with Gasteiger partial charge in [0.2, 0.25) is 5.91 Å². The van der Waals surface area contributed by atoms with Crippen LogP contribution in [-0.2, 0) is 17.6 Å². The van der Waals surface area contributed by atoms with Crippen LogP contribution in [0.3, 0.4) is 0 Å². The maximum Gasteiger partial charge on any atom is 0.324 e. The van der Waals surface area contributed by atoms with Crippen molar-refractivity contribution >= 4 is 23.7 Å². The number of amides is 3. The van der Waals surface area contributed by atoms with Crippen molar-refractivity contribution < 1.29 is 9.59 Å². The Kier molecular flexibility index (Phi) is 3.46. The molecule has 1 heterocycles. The van der Waals surface area contributed by atoms with Gasteiger partial charge in [-0.1, -0.05) is 6.07 Å². The average Bonchev–Trinajstić information content (AvgIpc) is 3.03. The van der Waals surface area contributed by atoms with E-state index in [0.717, 1.165) is 11.3 Å². The van der Waals surface area contributed by atoms with Gasteiger partial charge in [0.1, 0.15) is 0 Å². The van der Waals surface area contributed by atoms with Gasteiger partial charge < -0.3 is 5.32 Å². The molecule has 1 aliphatic carbocycles. The summed E-state index contributed by atoms with van der Waals surface area (Å²) in [6, 6.07) is 6.16. The van der Waals surface area contributed by atoms with Gasteiger partial charge in [0, 0.05) is 18.0 Å². The van der Waals surface area contributed by atoms with Gasteiger partial charge in [-0.3, -0.25) is 9.69 Å². The van der Waals surface area contributed by atoms with E-state index in [1.54, 1.807) is 0 Å². The summed E-state index contributed by atoms with van der Waals surface area (Å²) in [6.45, 7) is 1.05. The number of aryl methyl sites for hydroxylation is 2. The Morgan fingerprint density at radius 1 is 1.32 bits per heavy atom. The van der Waals surface area contributed by atoms with E-state index in [9.17, 15) is 9.59 Å². The Morgan fingerprint density at radius 3 is 2.95 bits per heavy atom. The number of benzene rings is 1. The molecule has 1 aliphatic heterocycles. The van der Waals surface area contributed by atoms with Gasteiger partial charge in [-0.15, -0.1) is 11.8 Å². The van der Waals surface area contributed by atoms with Gasteiger partial charge >= 0.3 is 6.03 Å². The summed E-state index contributed by atoms with van der Waals surface area (Å²) in [4.78, 5) is 25.7. The van der Waals surface area contributed by atoms with Crippen LogP contribution in [0.15, 0.2) is 23.1 Å². The molecule has 5 heteroatoms.